The average molecular weight is 1560 g/mol. The van der Waals surface area contributed by atoms with Crippen molar-refractivity contribution >= 4 is 33.6 Å². The molecule has 0 aliphatic rings. The molecule has 0 fully saturated rings. The van der Waals surface area contributed by atoms with Crippen LogP contribution < -0.4 is 0 Å². The van der Waals surface area contributed by atoms with Gasteiger partial charge in [-0.05, 0) is 154 Å². The van der Waals surface area contributed by atoms with Crippen molar-refractivity contribution in [3.63, 3.8) is 0 Å². The van der Waals surface area contributed by atoms with Gasteiger partial charge in [-0.25, -0.2) is 9.13 Å². The number of allylic oxidation sites excluding steroid dienone is 30. The third-order valence-corrected chi connectivity index (χ3v) is 19.0. The van der Waals surface area contributed by atoms with Crippen LogP contribution in [-0.2, 0) is 55.8 Å². The van der Waals surface area contributed by atoms with Crippen molar-refractivity contribution in [3.05, 3.63) is 182 Å². The van der Waals surface area contributed by atoms with E-state index in [2.05, 4.69) is 203 Å². The van der Waals surface area contributed by atoms with Crippen LogP contribution in [0.25, 0.3) is 0 Å². The highest BCUT2D eigenvalue weighted by atomic mass is 31.2. The number of hydrogen-bond acceptors (Lipinski definition) is 14. The Labute approximate surface area is 662 Å². The SMILES string of the molecule is CC/C=C\C/C=C\C/C=C\C/C=C\C/C=C\C/C=C\CCCCCCCCCCCCCCCCCCC(=O)OCC(O)COP(=O)(O)OCC(O)COP(=O)(O)OCC(COC(=O)CCCCCCC/C=C\C/C=C\C/C=C\C/C=C\C/C=C\CC)OC(=O)CCCCCC/C=C\C/C=C\C/C=C\C/C=C\CC. The van der Waals surface area contributed by atoms with E-state index in [9.17, 15) is 43.5 Å². The van der Waals surface area contributed by atoms with E-state index < -0.39 is 91.5 Å². The summed E-state index contributed by atoms with van der Waals surface area (Å²) in [5.74, 6) is -1.63. The van der Waals surface area contributed by atoms with Crippen molar-refractivity contribution in [1.82, 2.24) is 0 Å². The highest BCUT2D eigenvalue weighted by molar-refractivity contribution is 7.47. The molecule has 0 bridgehead atoms. The molecule has 0 aromatic heterocycles. The van der Waals surface area contributed by atoms with Crippen molar-refractivity contribution in [3.8, 4) is 0 Å². The number of unbranched alkanes of at least 4 members (excludes halogenated alkanes) is 25. The molecular weight excluding hydrogens is 1410 g/mol. The van der Waals surface area contributed by atoms with Crippen LogP contribution in [0.5, 0.6) is 0 Å². The van der Waals surface area contributed by atoms with Crippen LogP contribution >= 0.6 is 15.6 Å². The van der Waals surface area contributed by atoms with E-state index in [0.29, 0.717) is 19.3 Å². The lowest BCUT2D eigenvalue weighted by molar-refractivity contribution is -0.161. The second-order valence-electron chi connectivity index (χ2n) is 27.5. The van der Waals surface area contributed by atoms with Gasteiger partial charge in [0.05, 0.1) is 26.4 Å². The van der Waals surface area contributed by atoms with E-state index in [1.165, 1.54) is 83.5 Å². The van der Waals surface area contributed by atoms with E-state index in [4.69, 9.17) is 32.3 Å². The molecule has 0 saturated carbocycles. The summed E-state index contributed by atoms with van der Waals surface area (Å²) < 4.78 is 61.2. The minimum Gasteiger partial charge on any atom is -0.463 e. The molecule has 0 amide bonds. The number of esters is 3. The van der Waals surface area contributed by atoms with Crippen molar-refractivity contribution in [2.75, 3.05) is 39.6 Å². The number of rotatable bonds is 78. The fourth-order valence-corrected chi connectivity index (χ4v) is 12.4. The molecule has 5 unspecified atom stereocenters. The van der Waals surface area contributed by atoms with Gasteiger partial charge >= 0.3 is 33.6 Å². The molecule has 5 atom stereocenters. The number of hydrogen-bond donors (Lipinski definition) is 4. The summed E-state index contributed by atoms with van der Waals surface area (Å²) in [6.07, 6.45) is 107. The van der Waals surface area contributed by atoms with Gasteiger partial charge in [0.2, 0.25) is 0 Å². The fraction of sp³-hybridized carbons (Fsp3) is 0.637. The van der Waals surface area contributed by atoms with E-state index in [-0.39, 0.29) is 19.3 Å². The maximum Gasteiger partial charge on any atom is 0.472 e. The number of ether oxygens (including phenoxy) is 3. The van der Waals surface area contributed by atoms with Gasteiger partial charge < -0.3 is 34.2 Å². The summed E-state index contributed by atoms with van der Waals surface area (Å²) in [7, 11) is -9.82. The lowest BCUT2D eigenvalue weighted by atomic mass is 10.0. The van der Waals surface area contributed by atoms with Crippen molar-refractivity contribution in [2.24, 2.45) is 0 Å². The van der Waals surface area contributed by atoms with Crippen molar-refractivity contribution in [1.29, 1.82) is 0 Å². The van der Waals surface area contributed by atoms with E-state index in [1.54, 1.807) is 0 Å². The molecule has 0 aliphatic carbocycles. The van der Waals surface area contributed by atoms with Gasteiger partial charge in [0, 0.05) is 19.3 Å². The Balaban J connectivity index is 4.50. The molecule has 0 saturated heterocycles. The van der Waals surface area contributed by atoms with Gasteiger partial charge in [-0.1, -0.05) is 325 Å². The summed E-state index contributed by atoms with van der Waals surface area (Å²) >= 11 is 0. The topological polar surface area (TPSA) is 231 Å². The minimum absolute atomic E-state index is 0.0662. The molecule has 18 heteroatoms. The van der Waals surface area contributed by atoms with Gasteiger partial charge in [-0.2, -0.15) is 0 Å². The summed E-state index contributed by atoms with van der Waals surface area (Å²) in [6, 6.07) is 0. The highest BCUT2D eigenvalue weighted by Gasteiger charge is 2.29. The number of aliphatic hydroxyl groups excluding tert-OH is 2. The Kier molecular flexibility index (Phi) is 78.1. The summed E-state index contributed by atoms with van der Waals surface area (Å²) in [4.78, 5) is 58.7. The second-order valence-corrected chi connectivity index (χ2v) is 30.4. The normalized spacial score (nSPS) is 14.8. The van der Waals surface area contributed by atoms with E-state index >= 15 is 0 Å². The smallest absolute Gasteiger partial charge is 0.463 e. The summed E-state index contributed by atoms with van der Waals surface area (Å²) in [6.45, 7) is 2.29. The lowest BCUT2D eigenvalue weighted by Crippen LogP contribution is -2.30. The number of aliphatic hydroxyl groups is 2. The summed E-state index contributed by atoms with van der Waals surface area (Å²) in [5.41, 5.74) is 0. The van der Waals surface area contributed by atoms with Crippen LogP contribution in [0.4, 0.5) is 0 Å². The first-order chi connectivity index (χ1) is 53.2. The Bertz CT molecular complexity index is 2710. The minimum atomic E-state index is -4.95. The van der Waals surface area contributed by atoms with Gasteiger partial charge in [-0.3, -0.25) is 32.5 Å². The lowest BCUT2D eigenvalue weighted by Gasteiger charge is -2.21. The molecule has 109 heavy (non-hydrogen) atoms. The molecule has 0 radical (unpaired) electrons. The highest BCUT2D eigenvalue weighted by Crippen LogP contribution is 2.45. The maximum atomic E-state index is 13.0. The first kappa shape index (κ1) is 104. The molecule has 4 N–H and O–H groups in total. The maximum absolute atomic E-state index is 13.0. The Hall–Kier alpha value is -5.35. The van der Waals surface area contributed by atoms with Gasteiger partial charge in [0.1, 0.15) is 25.4 Å². The van der Waals surface area contributed by atoms with E-state index in [0.717, 1.165) is 173 Å². The molecule has 0 spiro atoms. The quantitative estimate of drug-likeness (QED) is 0.0146. The molecule has 0 heterocycles. The molecule has 620 valence electrons. The molecule has 0 aromatic carbocycles. The Morgan fingerprint density at radius 1 is 0.257 bits per heavy atom. The number of carbonyl (C=O) groups is 3. The Morgan fingerprint density at radius 2 is 0.459 bits per heavy atom. The Morgan fingerprint density at radius 3 is 0.725 bits per heavy atom. The van der Waals surface area contributed by atoms with Gasteiger partial charge in [-0.15, -0.1) is 0 Å². The fourth-order valence-electron chi connectivity index (χ4n) is 10.8. The largest absolute Gasteiger partial charge is 0.472 e. The number of carbonyl (C=O) groups excluding carboxylic acids is 3. The van der Waals surface area contributed by atoms with Crippen molar-refractivity contribution in [2.45, 2.75) is 334 Å². The molecular formula is C91H150O16P2. The van der Waals surface area contributed by atoms with Crippen LogP contribution in [0, 0.1) is 0 Å². The zero-order valence-corrected chi connectivity index (χ0v) is 69.7. The standard InChI is InChI=1S/C91H150O16P2/c1-4-7-10-13-16-19-22-25-28-31-33-35-36-37-38-39-40-41-42-43-44-45-46-47-48-50-52-54-56-59-62-65-68-71-74-77-89(94)101-80-86(92)81-103-108(97,98)104-82-87(93)83-105-109(99,100)106-85-88(107-91(96)79-76-73-70-67-64-61-58-53-30-27-24-21-18-15-12-9-6-3)84-102-90(95)78-75-72-69-66-63-60-57-55-51-49-34-32-29-26-23-20-17-14-11-8-5-2/h7-12,16-21,25-30,33-35,37-38,40-41,49,55,57-58,61,86-88,92-93H,4-6,13-15,22-24,31-32,36,39,42-48,50-54,56,59-60,62-85H2,1-3H3,(H,97,98)(H,99,100)/b10-7-,11-8-,12-9-,19-16-,20-17-,21-18-,28-25-,29-26-,30-27-,35-33-,38-37-,41-40-,49-34-,57-55-,61-58-. The third-order valence-electron chi connectivity index (χ3n) is 17.1. The van der Waals surface area contributed by atoms with Crippen LogP contribution in [0.1, 0.15) is 316 Å². The molecule has 16 nitrogen and oxygen atoms in total. The van der Waals surface area contributed by atoms with Crippen LogP contribution in [0.15, 0.2) is 182 Å². The second kappa shape index (κ2) is 82.1. The zero-order chi connectivity index (χ0) is 79.4. The average Bonchev–Trinajstić information content (AvgIpc) is 0.912. The van der Waals surface area contributed by atoms with Crippen molar-refractivity contribution < 1.29 is 75.8 Å². The zero-order valence-electron chi connectivity index (χ0n) is 67.9. The van der Waals surface area contributed by atoms with Crippen LogP contribution in [-0.4, -0.2) is 95.9 Å². The molecule has 0 rings (SSSR count). The first-order valence-corrected chi connectivity index (χ1v) is 45.1. The first-order valence-electron chi connectivity index (χ1n) is 42.1. The molecule has 0 aliphatic heterocycles. The predicted molar refractivity (Wildman–Crippen MR) is 454 cm³/mol. The molecule has 0 aromatic rings. The van der Waals surface area contributed by atoms with Crippen LogP contribution in [0.3, 0.4) is 0 Å². The van der Waals surface area contributed by atoms with Gasteiger partial charge in [0.25, 0.3) is 0 Å². The van der Waals surface area contributed by atoms with Gasteiger partial charge in [0.15, 0.2) is 6.10 Å². The summed E-state index contributed by atoms with van der Waals surface area (Å²) in [5, 5.41) is 20.7. The van der Waals surface area contributed by atoms with Crippen LogP contribution in [0.2, 0.25) is 0 Å². The third kappa shape index (κ3) is 83.4. The number of phosphoric ester groups is 2. The van der Waals surface area contributed by atoms with E-state index in [1.807, 2.05) is 0 Å². The number of phosphoric acid groups is 2. The predicted octanol–water partition coefficient (Wildman–Crippen LogP) is 25.3. The monoisotopic (exact) mass is 1560 g/mol.